The van der Waals surface area contributed by atoms with Crippen LogP contribution in [0.4, 0.5) is 0 Å². The van der Waals surface area contributed by atoms with E-state index in [-0.39, 0.29) is 0 Å². The van der Waals surface area contributed by atoms with Crippen LogP contribution >= 0.6 is 11.3 Å². The van der Waals surface area contributed by atoms with Gasteiger partial charge in [-0.2, -0.15) is 0 Å². The zero-order valence-corrected chi connectivity index (χ0v) is 31.6. The summed E-state index contributed by atoms with van der Waals surface area (Å²) in [6.45, 7) is 0. The highest BCUT2D eigenvalue weighted by molar-refractivity contribution is 7.25. The van der Waals surface area contributed by atoms with Gasteiger partial charge in [0.05, 0.1) is 32.3 Å². The fourth-order valence-corrected chi connectivity index (χ4v) is 9.93. The minimum absolute atomic E-state index is 1.06. The first-order chi connectivity index (χ1) is 28.2. The van der Waals surface area contributed by atoms with Gasteiger partial charge in [-0.25, -0.2) is 0 Å². The van der Waals surface area contributed by atoms with Gasteiger partial charge in [-0.1, -0.05) is 103 Å². The summed E-state index contributed by atoms with van der Waals surface area (Å²) < 4.78 is 7.29. The molecule has 4 heterocycles. The molecule has 12 aromatic rings. The van der Waals surface area contributed by atoms with Crippen molar-refractivity contribution in [3.63, 3.8) is 0 Å². The van der Waals surface area contributed by atoms with E-state index in [4.69, 9.17) is 4.98 Å². The number of thiophene rings is 1. The molecule has 0 atom stereocenters. The first-order valence-electron chi connectivity index (χ1n) is 19.4. The maximum absolute atomic E-state index is 4.79. The van der Waals surface area contributed by atoms with Gasteiger partial charge in [-0.05, 0) is 124 Å². The predicted octanol–water partition coefficient (Wildman–Crippen LogP) is 14.6. The summed E-state index contributed by atoms with van der Waals surface area (Å²) in [5.41, 5.74) is 15.4. The summed E-state index contributed by atoms with van der Waals surface area (Å²) in [7, 11) is 0. The van der Waals surface area contributed by atoms with Gasteiger partial charge in [0, 0.05) is 49.2 Å². The molecule has 0 fully saturated rings. The van der Waals surface area contributed by atoms with Crippen LogP contribution in [-0.4, -0.2) is 14.1 Å². The molecular weight excluding hydrogens is 711 g/mol. The molecule has 0 saturated heterocycles. The number of hydrogen-bond acceptors (Lipinski definition) is 2. The van der Waals surface area contributed by atoms with Gasteiger partial charge < -0.3 is 9.13 Å². The second kappa shape index (κ2) is 12.6. The van der Waals surface area contributed by atoms with Crippen LogP contribution < -0.4 is 0 Å². The van der Waals surface area contributed by atoms with E-state index in [1.54, 1.807) is 11.3 Å². The standard InChI is InChI=1S/C53H33N3S/c1-4-11-34(12-5-1)36-18-23-47-42(29-36)44-31-38(20-25-48(44)55(47)40-15-8-3-9-16-40)39-21-26-50-45(32-39)43-30-37(35-13-6-2-7-14-35)19-24-49(43)56(50)41-22-27-51-46(33-41)53-52(57-51)17-10-28-54-53/h1-33H. The summed E-state index contributed by atoms with van der Waals surface area (Å²) in [4.78, 5) is 4.79. The highest BCUT2D eigenvalue weighted by Crippen LogP contribution is 2.41. The normalized spacial score (nSPS) is 11.9. The van der Waals surface area contributed by atoms with Crippen LogP contribution in [0.1, 0.15) is 0 Å². The summed E-state index contributed by atoms with van der Waals surface area (Å²) in [5.74, 6) is 0. The van der Waals surface area contributed by atoms with Crippen molar-refractivity contribution in [2.75, 3.05) is 0 Å². The van der Waals surface area contributed by atoms with Crippen LogP contribution in [0.15, 0.2) is 200 Å². The molecule has 0 amide bonds. The maximum atomic E-state index is 4.79. The number of aromatic nitrogens is 3. The lowest BCUT2D eigenvalue weighted by molar-refractivity contribution is 1.18. The third-order valence-electron chi connectivity index (χ3n) is 11.6. The first kappa shape index (κ1) is 32.0. The monoisotopic (exact) mass is 743 g/mol. The largest absolute Gasteiger partial charge is 0.309 e. The Balaban J connectivity index is 1.08. The SMILES string of the molecule is c1ccc(-c2ccc3c(c2)c2cc(-c4ccc5c(c4)c4cc(-c6ccccc6)ccc4n5-c4ccc5sc6cccnc6c5c4)ccc2n3-c2ccccc2)cc1. The molecule has 8 aromatic carbocycles. The highest BCUT2D eigenvalue weighted by Gasteiger charge is 2.18. The molecule has 0 radical (unpaired) electrons. The Morgan fingerprint density at radius 3 is 1.28 bits per heavy atom. The van der Waals surface area contributed by atoms with Crippen molar-refractivity contribution in [2.45, 2.75) is 0 Å². The Bertz CT molecular complexity index is 3500. The van der Waals surface area contributed by atoms with Crippen molar-refractivity contribution in [2.24, 2.45) is 0 Å². The Morgan fingerprint density at radius 2 is 0.772 bits per heavy atom. The average molecular weight is 744 g/mol. The van der Waals surface area contributed by atoms with Crippen molar-refractivity contribution < 1.29 is 0 Å². The molecule has 3 nitrogen and oxygen atoms in total. The van der Waals surface area contributed by atoms with E-state index in [2.05, 4.69) is 197 Å². The van der Waals surface area contributed by atoms with Crippen LogP contribution in [0.25, 0.3) is 109 Å². The number of nitrogens with zero attached hydrogens (tertiary/aromatic N) is 3. The molecule has 0 unspecified atom stereocenters. The molecule has 0 aliphatic rings. The van der Waals surface area contributed by atoms with E-state index in [1.807, 2.05) is 12.3 Å². The van der Waals surface area contributed by atoms with Crippen molar-refractivity contribution in [1.82, 2.24) is 14.1 Å². The maximum Gasteiger partial charge on any atom is 0.0889 e. The van der Waals surface area contributed by atoms with Crippen LogP contribution in [-0.2, 0) is 0 Å². The van der Waals surface area contributed by atoms with Gasteiger partial charge in [0.25, 0.3) is 0 Å². The Hall–Kier alpha value is -7.27. The van der Waals surface area contributed by atoms with Crippen LogP contribution in [0, 0.1) is 0 Å². The quantitative estimate of drug-likeness (QED) is 0.172. The third-order valence-corrected chi connectivity index (χ3v) is 12.7. The number of pyridine rings is 1. The van der Waals surface area contributed by atoms with Gasteiger partial charge in [-0.3, -0.25) is 4.98 Å². The van der Waals surface area contributed by atoms with E-state index in [9.17, 15) is 0 Å². The molecule has 0 aliphatic carbocycles. The van der Waals surface area contributed by atoms with E-state index in [0.29, 0.717) is 0 Å². The lowest BCUT2D eigenvalue weighted by Crippen LogP contribution is -1.94. The van der Waals surface area contributed by atoms with Crippen LogP contribution in [0.2, 0.25) is 0 Å². The molecule has 0 spiro atoms. The van der Waals surface area contributed by atoms with Crippen LogP contribution in [0.5, 0.6) is 0 Å². The first-order valence-corrected chi connectivity index (χ1v) is 20.2. The fraction of sp³-hybridized carbons (Fsp3) is 0. The predicted molar refractivity (Wildman–Crippen MR) is 242 cm³/mol. The van der Waals surface area contributed by atoms with Gasteiger partial charge in [0.1, 0.15) is 0 Å². The summed E-state index contributed by atoms with van der Waals surface area (Å²) in [6.07, 6.45) is 1.90. The number of hydrogen-bond donors (Lipinski definition) is 0. The minimum Gasteiger partial charge on any atom is -0.309 e. The van der Waals surface area contributed by atoms with Crippen molar-refractivity contribution in [3.05, 3.63) is 200 Å². The van der Waals surface area contributed by atoms with Gasteiger partial charge in [0.15, 0.2) is 0 Å². The van der Waals surface area contributed by atoms with Crippen molar-refractivity contribution in [3.8, 4) is 44.8 Å². The van der Waals surface area contributed by atoms with E-state index in [0.717, 1.165) is 16.9 Å². The molecular formula is C53H33N3S. The zero-order valence-electron chi connectivity index (χ0n) is 30.8. The van der Waals surface area contributed by atoms with Gasteiger partial charge in [0.2, 0.25) is 0 Å². The smallest absolute Gasteiger partial charge is 0.0889 e. The van der Waals surface area contributed by atoms with Gasteiger partial charge in [-0.15, -0.1) is 11.3 Å². The molecule has 4 aromatic heterocycles. The van der Waals surface area contributed by atoms with Crippen molar-refractivity contribution >= 4 is 75.3 Å². The lowest BCUT2D eigenvalue weighted by Gasteiger charge is -2.10. The summed E-state index contributed by atoms with van der Waals surface area (Å²) in [6, 6.07) is 70.9. The number of para-hydroxylation sites is 1. The molecule has 0 bridgehead atoms. The number of rotatable bonds is 5. The van der Waals surface area contributed by atoms with E-state index < -0.39 is 0 Å². The molecule has 4 heteroatoms. The molecule has 0 saturated carbocycles. The second-order valence-corrected chi connectivity index (χ2v) is 15.9. The molecule has 0 N–H and O–H groups in total. The number of benzene rings is 8. The third kappa shape index (κ3) is 5.08. The summed E-state index contributed by atoms with van der Waals surface area (Å²) >= 11 is 1.80. The van der Waals surface area contributed by atoms with E-state index >= 15 is 0 Å². The Labute approximate surface area is 333 Å². The molecule has 12 rings (SSSR count). The highest BCUT2D eigenvalue weighted by atomic mass is 32.1. The molecule has 0 aliphatic heterocycles. The lowest BCUT2D eigenvalue weighted by atomic mass is 9.98. The Kier molecular flexibility index (Phi) is 7.10. The Morgan fingerprint density at radius 1 is 0.316 bits per heavy atom. The van der Waals surface area contributed by atoms with Crippen molar-refractivity contribution in [1.29, 1.82) is 0 Å². The van der Waals surface area contributed by atoms with E-state index in [1.165, 1.54) is 91.8 Å². The fourth-order valence-electron chi connectivity index (χ4n) is 8.88. The molecule has 266 valence electrons. The second-order valence-electron chi connectivity index (χ2n) is 14.8. The minimum atomic E-state index is 1.06. The van der Waals surface area contributed by atoms with Crippen LogP contribution in [0.3, 0.4) is 0 Å². The molecule has 57 heavy (non-hydrogen) atoms. The zero-order chi connectivity index (χ0) is 37.5. The summed E-state index contributed by atoms with van der Waals surface area (Å²) in [5, 5.41) is 6.14. The number of fused-ring (bicyclic) bond motifs is 9. The topological polar surface area (TPSA) is 22.8 Å². The average Bonchev–Trinajstić information content (AvgIpc) is 3.93. The van der Waals surface area contributed by atoms with Gasteiger partial charge >= 0.3 is 0 Å².